The fourth-order valence-corrected chi connectivity index (χ4v) is 14.0. The second kappa shape index (κ2) is 16.0. The molecule has 15 rings (SSSR count). The van der Waals surface area contributed by atoms with Gasteiger partial charge in [0, 0.05) is 33.6 Å². The Kier molecular flexibility index (Phi) is 9.30. The molecule has 0 fully saturated rings. The van der Waals surface area contributed by atoms with Gasteiger partial charge in [-0.25, -0.2) is 0 Å². The van der Waals surface area contributed by atoms with E-state index in [2.05, 4.69) is 292 Å². The lowest BCUT2D eigenvalue weighted by Crippen LogP contribution is -2.36. The first-order valence-electron chi connectivity index (χ1n) is 26.5. The molecule has 11 aromatic carbocycles. The molecule has 1 aliphatic heterocycles. The van der Waals surface area contributed by atoms with E-state index in [1.54, 1.807) is 0 Å². The highest BCUT2D eigenvalue weighted by Gasteiger charge is 2.52. The van der Waals surface area contributed by atoms with Crippen LogP contribution in [0.3, 0.4) is 0 Å². The van der Waals surface area contributed by atoms with E-state index in [-0.39, 0.29) is 10.8 Å². The number of fused-ring (bicyclic) bond motifs is 15. The van der Waals surface area contributed by atoms with Crippen LogP contribution in [-0.2, 0) is 16.2 Å². The summed E-state index contributed by atoms with van der Waals surface area (Å²) in [6.07, 6.45) is 0. The van der Waals surface area contributed by atoms with Gasteiger partial charge in [-0.1, -0.05) is 216 Å². The molecule has 1 heterocycles. The van der Waals surface area contributed by atoms with E-state index in [9.17, 15) is 0 Å². The summed E-state index contributed by atoms with van der Waals surface area (Å²) < 4.78 is 0. The molecular weight excluding hydrogens is 905 g/mol. The van der Waals surface area contributed by atoms with Crippen molar-refractivity contribution in [1.29, 1.82) is 0 Å². The minimum absolute atomic E-state index is 0.124. The zero-order chi connectivity index (χ0) is 50.2. The van der Waals surface area contributed by atoms with Crippen molar-refractivity contribution in [3.8, 4) is 55.6 Å². The Hall–Kier alpha value is -8.98. The summed E-state index contributed by atoms with van der Waals surface area (Å²) in [5.74, 6) is 0. The number of para-hydroxylation sites is 3. The topological polar surface area (TPSA) is 6.48 Å². The van der Waals surface area contributed by atoms with Crippen LogP contribution in [0.2, 0.25) is 0 Å². The van der Waals surface area contributed by atoms with Gasteiger partial charge in [-0.2, -0.15) is 0 Å². The predicted molar refractivity (Wildman–Crippen MR) is 313 cm³/mol. The maximum atomic E-state index is 2.51. The van der Waals surface area contributed by atoms with Crippen LogP contribution in [0.25, 0.3) is 55.6 Å². The van der Waals surface area contributed by atoms with Gasteiger partial charge >= 0.3 is 0 Å². The molecule has 0 radical (unpaired) electrons. The molecule has 11 aromatic rings. The largest absolute Gasteiger partial charge is 0.310 e. The van der Waals surface area contributed by atoms with Crippen molar-refractivity contribution >= 4 is 34.1 Å². The monoisotopic (exact) mass is 958 g/mol. The van der Waals surface area contributed by atoms with Crippen LogP contribution in [0.15, 0.2) is 255 Å². The van der Waals surface area contributed by atoms with Crippen LogP contribution >= 0.6 is 0 Å². The summed E-state index contributed by atoms with van der Waals surface area (Å²) in [5.41, 5.74) is 29.6. The first-order chi connectivity index (χ1) is 36.7. The van der Waals surface area contributed by atoms with Crippen molar-refractivity contribution in [2.45, 2.75) is 43.9 Å². The van der Waals surface area contributed by atoms with E-state index in [0.717, 1.165) is 22.7 Å². The Balaban J connectivity index is 0.861. The van der Waals surface area contributed by atoms with E-state index >= 15 is 0 Å². The first kappa shape index (κ1) is 43.6. The lowest BCUT2D eigenvalue weighted by atomic mass is 9.64. The third-order valence-corrected chi connectivity index (χ3v) is 17.5. The van der Waals surface area contributed by atoms with Gasteiger partial charge < -0.3 is 9.80 Å². The number of nitrogens with zero attached hydrogens (tertiary/aromatic N) is 2. The number of hydrogen-bond donors (Lipinski definition) is 0. The van der Waals surface area contributed by atoms with Gasteiger partial charge in [0.25, 0.3) is 0 Å². The van der Waals surface area contributed by atoms with Crippen LogP contribution in [-0.4, -0.2) is 0 Å². The Morgan fingerprint density at radius 2 is 0.707 bits per heavy atom. The smallest absolute Gasteiger partial charge is 0.0754 e. The zero-order valence-corrected chi connectivity index (χ0v) is 42.6. The van der Waals surface area contributed by atoms with Crippen LogP contribution < -0.4 is 9.80 Å². The molecule has 0 saturated heterocycles. The second-order valence-electron chi connectivity index (χ2n) is 22.0. The third kappa shape index (κ3) is 6.08. The van der Waals surface area contributed by atoms with Gasteiger partial charge in [-0.15, -0.1) is 0 Å². The Labute approximate surface area is 440 Å². The summed E-state index contributed by atoms with van der Waals surface area (Å²) in [4.78, 5) is 4.93. The highest BCUT2D eigenvalue weighted by Crippen LogP contribution is 2.65. The fraction of sp³-hybridized carbons (Fsp3) is 0.0959. The molecule has 0 saturated carbocycles. The van der Waals surface area contributed by atoms with E-state index in [4.69, 9.17) is 0 Å². The minimum atomic E-state index is -0.519. The maximum Gasteiger partial charge on any atom is 0.0754 e. The van der Waals surface area contributed by atoms with E-state index in [1.165, 1.54) is 112 Å². The summed E-state index contributed by atoms with van der Waals surface area (Å²) in [6, 6.07) is 95.6. The van der Waals surface area contributed by atoms with Gasteiger partial charge in [0.15, 0.2) is 0 Å². The molecule has 2 nitrogen and oxygen atoms in total. The number of anilines is 6. The molecule has 0 unspecified atom stereocenters. The van der Waals surface area contributed by atoms with Crippen molar-refractivity contribution in [2.75, 3.05) is 9.80 Å². The van der Waals surface area contributed by atoms with Gasteiger partial charge in [0.05, 0.1) is 16.8 Å². The molecular formula is C73H54N2. The Morgan fingerprint density at radius 3 is 1.35 bits per heavy atom. The summed E-state index contributed by atoms with van der Waals surface area (Å²) in [5, 5.41) is 0. The molecule has 0 atom stereocenters. The summed E-state index contributed by atoms with van der Waals surface area (Å²) >= 11 is 0. The highest BCUT2D eigenvalue weighted by molar-refractivity contribution is 6.01. The van der Waals surface area contributed by atoms with Crippen LogP contribution in [0, 0.1) is 0 Å². The molecule has 0 N–H and O–H groups in total. The van der Waals surface area contributed by atoms with Crippen LogP contribution in [0.4, 0.5) is 34.1 Å². The van der Waals surface area contributed by atoms with Crippen molar-refractivity contribution < 1.29 is 0 Å². The molecule has 3 aliphatic carbocycles. The van der Waals surface area contributed by atoms with E-state index < -0.39 is 5.41 Å². The standard InChI is InChI=1S/C73H54N2/c1-71(2)60-27-13-11-24-55(60)57-42-39-52(45-66(57)71)74(51-37-34-48(35-38-51)47-20-7-5-8-21-47)53-40-43-58-56-41-36-49(44-65(56)72(3,4)67(58)46-53)54-26-19-31-64-70(54)59-25-12-14-28-61(59)73(64)62-29-15-17-32-68(62)75(50-22-9-6-10-23-50)69-33-18-16-30-63(69)73/h5-46H,1-4H3. The Morgan fingerprint density at radius 1 is 0.280 bits per heavy atom. The zero-order valence-electron chi connectivity index (χ0n) is 42.6. The van der Waals surface area contributed by atoms with Crippen LogP contribution in [0.1, 0.15) is 72.2 Å². The van der Waals surface area contributed by atoms with Gasteiger partial charge in [-0.05, 0) is 167 Å². The quantitative estimate of drug-likeness (QED) is 0.164. The molecule has 356 valence electrons. The second-order valence-corrected chi connectivity index (χ2v) is 22.0. The Bertz CT molecular complexity index is 4080. The summed E-state index contributed by atoms with van der Waals surface area (Å²) in [6.45, 7) is 9.59. The fourth-order valence-electron chi connectivity index (χ4n) is 14.0. The minimum Gasteiger partial charge on any atom is -0.310 e. The molecule has 1 spiro atoms. The lowest BCUT2D eigenvalue weighted by molar-refractivity contribution is 0.660. The van der Waals surface area contributed by atoms with Crippen molar-refractivity contribution in [3.63, 3.8) is 0 Å². The molecule has 2 heteroatoms. The van der Waals surface area contributed by atoms with Crippen molar-refractivity contribution in [1.82, 2.24) is 0 Å². The molecule has 0 bridgehead atoms. The first-order valence-corrected chi connectivity index (χ1v) is 26.5. The average Bonchev–Trinajstić information content (AvgIpc) is 4.02. The van der Waals surface area contributed by atoms with E-state index in [0.29, 0.717) is 0 Å². The van der Waals surface area contributed by atoms with Crippen molar-refractivity contribution in [2.24, 2.45) is 0 Å². The van der Waals surface area contributed by atoms with Gasteiger partial charge in [-0.3, -0.25) is 0 Å². The number of hydrogen-bond acceptors (Lipinski definition) is 2. The lowest BCUT2D eigenvalue weighted by Gasteiger charge is -2.45. The normalized spacial score (nSPS) is 15.0. The summed E-state index contributed by atoms with van der Waals surface area (Å²) in [7, 11) is 0. The third-order valence-electron chi connectivity index (χ3n) is 17.5. The maximum absolute atomic E-state index is 2.51. The number of rotatable bonds is 6. The van der Waals surface area contributed by atoms with Gasteiger partial charge in [0.1, 0.15) is 0 Å². The molecule has 0 aromatic heterocycles. The predicted octanol–water partition coefficient (Wildman–Crippen LogP) is 19.2. The molecule has 4 aliphatic rings. The van der Waals surface area contributed by atoms with Gasteiger partial charge in [0.2, 0.25) is 0 Å². The average molecular weight is 959 g/mol. The SMILES string of the molecule is CC1(C)c2ccccc2-c2ccc(N(c3ccc(-c4ccccc4)cc3)c3ccc4c(c3)C(C)(C)c3cc(-c5cccc6c5-c5ccccc5C65c6ccccc6N(c6ccccc6)c6ccccc65)ccc3-4)cc21. The van der Waals surface area contributed by atoms with Crippen molar-refractivity contribution in [3.05, 3.63) is 299 Å². The molecule has 75 heavy (non-hydrogen) atoms. The highest BCUT2D eigenvalue weighted by atomic mass is 15.2. The number of benzene rings is 11. The molecule has 0 amide bonds. The van der Waals surface area contributed by atoms with E-state index in [1.807, 2.05) is 0 Å². The van der Waals surface area contributed by atoms with Crippen LogP contribution in [0.5, 0.6) is 0 Å².